The highest BCUT2D eigenvalue weighted by Crippen LogP contribution is 2.12. The molecule has 3 nitrogen and oxygen atoms in total. The third-order valence-corrected chi connectivity index (χ3v) is 3.06. The summed E-state index contributed by atoms with van der Waals surface area (Å²) in [6.07, 6.45) is 5.26. The molecule has 0 unspecified atom stereocenters. The van der Waals surface area contributed by atoms with Crippen LogP contribution in [0.5, 0.6) is 0 Å². The van der Waals surface area contributed by atoms with Gasteiger partial charge in [-0.3, -0.25) is 0 Å². The molecule has 2 N–H and O–H groups in total. The van der Waals surface area contributed by atoms with Gasteiger partial charge in [-0.25, -0.2) is 4.98 Å². The molecule has 3 heteroatoms. The lowest BCUT2D eigenvalue weighted by atomic mass is 10.0. The Morgan fingerprint density at radius 3 is 2.50 bits per heavy atom. The van der Waals surface area contributed by atoms with Crippen LogP contribution in [0.15, 0.2) is 18.3 Å². The predicted molar refractivity (Wildman–Crippen MR) is 76.4 cm³/mol. The predicted octanol–water partition coefficient (Wildman–Crippen LogP) is 3.30. The number of nitrogen functional groups attached to an aromatic ring is 1. The van der Waals surface area contributed by atoms with Crippen molar-refractivity contribution in [1.29, 1.82) is 0 Å². The van der Waals surface area contributed by atoms with Gasteiger partial charge in [-0.2, -0.15) is 0 Å². The molecule has 0 radical (unpaired) electrons. The normalized spacial score (nSPS) is 16.2. The van der Waals surface area contributed by atoms with Crippen LogP contribution in [-0.4, -0.2) is 18.2 Å². The molecular formula is C15H26N2O. The molecule has 2 rings (SSSR count). The first-order chi connectivity index (χ1) is 8.59. The van der Waals surface area contributed by atoms with Crippen LogP contribution in [0.1, 0.15) is 39.2 Å². The molecule has 0 atom stereocenters. The Hall–Kier alpha value is -1.09. The fourth-order valence-corrected chi connectivity index (χ4v) is 1.88. The van der Waals surface area contributed by atoms with Gasteiger partial charge in [0.2, 0.25) is 0 Å². The van der Waals surface area contributed by atoms with E-state index in [1.54, 1.807) is 6.20 Å². The van der Waals surface area contributed by atoms with E-state index in [0.717, 1.165) is 31.1 Å². The van der Waals surface area contributed by atoms with Crippen LogP contribution in [0, 0.1) is 11.8 Å². The highest BCUT2D eigenvalue weighted by molar-refractivity contribution is 5.38. The van der Waals surface area contributed by atoms with Crippen molar-refractivity contribution in [3.8, 4) is 0 Å². The van der Waals surface area contributed by atoms with Gasteiger partial charge in [-0.15, -0.1) is 0 Å². The molecular weight excluding hydrogens is 224 g/mol. The van der Waals surface area contributed by atoms with Crippen molar-refractivity contribution < 1.29 is 4.74 Å². The van der Waals surface area contributed by atoms with Gasteiger partial charge in [0.1, 0.15) is 5.82 Å². The second-order valence-electron chi connectivity index (χ2n) is 5.44. The first kappa shape index (κ1) is 15.0. The van der Waals surface area contributed by atoms with Gasteiger partial charge >= 0.3 is 0 Å². The quantitative estimate of drug-likeness (QED) is 0.876. The highest BCUT2D eigenvalue weighted by atomic mass is 16.5. The van der Waals surface area contributed by atoms with Gasteiger partial charge in [0.15, 0.2) is 0 Å². The van der Waals surface area contributed by atoms with Gasteiger partial charge < -0.3 is 10.5 Å². The fraction of sp³-hybridized carbons (Fsp3) is 0.667. The molecule has 0 spiro atoms. The minimum Gasteiger partial charge on any atom is -0.383 e. The van der Waals surface area contributed by atoms with E-state index < -0.39 is 0 Å². The van der Waals surface area contributed by atoms with E-state index in [2.05, 4.69) is 25.8 Å². The number of ether oxygens (including phenoxy) is 1. The molecule has 0 aliphatic carbocycles. The smallest absolute Gasteiger partial charge is 0.126 e. The average molecular weight is 250 g/mol. The Morgan fingerprint density at radius 1 is 1.39 bits per heavy atom. The first-order valence-electron chi connectivity index (χ1n) is 6.86. The highest BCUT2D eigenvalue weighted by Gasteiger charge is 2.06. The Bertz CT molecular complexity index is 333. The van der Waals surface area contributed by atoms with Crippen LogP contribution in [0.4, 0.5) is 5.82 Å². The summed E-state index contributed by atoms with van der Waals surface area (Å²) >= 11 is 0. The van der Waals surface area contributed by atoms with E-state index in [0.29, 0.717) is 11.7 Å². The zero-order valence-corrected chi connectivity index (χ0v) is 11.9. The second-order valence-corrected chi connectivity index (χ2v) is 5.44. The van der Waals surface area contributed by atoms with E-state index in [4.69, 9.17) is 10.5 Å². The lowest BCUT2D eigenvalue weighted by Crippen LogP contribution is -2.12. The van der Waals surface area contributed by atoms with Crippen molar-refractivity contribution in [3.63, 3.8) is 0 Å². The molecule has 0 amide bonds. The Kier molecular flexibility index (Phi) is 6.73. The van der Waals surface area contributed by atoms with E-state index >= 15 is 0 Å². The summed E-state index contributed by atoms with van der Waals surface area (Å²) < 4.78 is 5.14. The average Bonchev–Trinajstić information content (AvgIpc) is 2.33. The van der Waals surface area contributed by atoms with Crippen LogP contribution in [0.3, 0.4) is 0 Å². The van der Waals surface area contributed by atoms with Crippen LogP contribution < -0.4 is 5.73 Å². The first-order valence-corrected chi connectivity index (χ1v) is 6.86. The maximum atomic E-state index is 5.66. The standard InChI is InChI=1S/C9H14N2.C6H12O/c1-7(2)6-8-4-3-5-11-9(8)10;1-6-2-4-7-5-3-6/h3-5,7H,6H2,1-2H3,(H2,10,11);6H,2-5H2,1H3. The molecule has 1 aliphatic rings. The Balaban J connectivity index is 0.000000199. The number of hydrogen-bond donors (Lipinski definition) is 1. The largest absolute Gasteiger partial charge is 0.383 e. The minimum atomic E-state index is 0.640. The molecule has 0 saturated carbocycles. The number of nitrogens with zero attached hydrogens (tertiary/aromatic N) is 1. The summed E-state index contributed by atoms with van der Waals surface area (Å²) in [5.74, 6) is 2.22. The summed E-state index contributed by atoms with van der Waals surface area (Å²) in [6.45, 7) is 8.60. The Labute approximate surface area is 111 Å². The van der Waals surface area contributed by atoms with Gasteiger partial charge in [0, 0.05) is 19.4 Å². The van der Waals surface area contributed by atoms with Crippen molar-refractivity contribution >= 4 is 5.82 Å². The number of aromatic nitrogens is 1. The maximum Gasteiger partial charge on any atom is 0.126 e. The number of anilines is 1. The lowest BCUT2D eigenvalue weighted by molar-refractivity contribution is 0.0716. The van der Waals surface area contributed by atoms with Crippen molar-refractivity contribution in [2.75, 3.05) is 18.9 Å². The molecule has 1 aliphatic heterocycles. The SMILES string of the molecule is CC(C)Cc1cccnc1N.CC1CCOCC1. The summed E-state index contributed by atoms with van der Waals surface area (Å²) in [5, 5.41) is 0. The van der Waals surface area contributed by atoms with E-state index in [1.807, 2.05) is 12.1 Å². The number of nitrogens with two attached hydrogens (primary N) is 1. The van der Waals surface area contributed by atoms with Crippen LogP contribution in [-0.2, 0) is 11.2 Å². The summed E-state index contributed by atoms with van der Waals surface area (Å²) in [4.78, 5) is 4.01. The molecule has 18 heavy (non-hydrogen) atoms. The van der Waals surface area contributed by atoms with Crippen molar-refractivity contribution in [3.05, 3.63) is 23.9 Å². The molecule has 1 aromatic rings. The Morgan fingerprint density at radius 2 is 2.06 bits per heavy atom. The van der Waals surface area contributed by atoms with Crippen molar-refractivity contribution in [2.45, 2.75) is 40.0 Å². The monoisotopic (exact) mass is 250 g/mol. The van der Waals surface area contributed by atoms with Gasteiger partial charge in [0.25, 0.3) is 0 Å². The second kappa shape index (κ2) is 8.09. The topological polar surface area (TPSA) is 48.1 Å². The van der Waals surface area contributed by atoms with Crippen molar-refractivity contribution in [1.82, 2.24) is 4.98 Å². The van der Waals surface area contributed by atoms with E-state index in [1.165, 1.54) is 12.8 Å². The molecule has 1 saturated heterocycles. The van der Waals surface area contributed by atoms with E-state index in [-0.39, 0.29) is 0 Å². The number of pyridine rings is 1. The third-order valence-electron chi connectivity index (χ3n) is 3.06. The minimum absolute atomic E-state index is 0.640. The van der Waals surface area contributed by atoms with Gasteiger partial charge in [0.05, 0.1) is 0 Å². The fourth-order valence-electron chi connectivity index (χ4n) is 1.88. The van der Waals surface area contributed by atoms with Crippen LogP contribution >= 0.6 is 0 Å². The molecule has 0 bridgehead atoms. The van der Waals surface area contributed by atoms with Gasteiger partial charge in [-0.1, -0.05) is 26.8 Å². The summed E-state index contributed by atoms with van der Waals surface area (Å²) in [6, 6.07) is 3.95. The molecule has 1 fully saturated rings. The van der Waals surface area contributed by atoms with Crippen LogP contribution in [0.2, 0.25) is 0 Å². The number of rotatable bonds is 2. The molecule has 2 heterocycles. The molecule has 0 aromatic carbocycles. The third kappa shape index (κ3) is 6.01. The molecule has 102 valence electrons. The van der Waals surface area contributed by atoms with Crippen LogP contribution in [0.25, 0.3) is 0 Å². The lowest BCUT2D eigenvalue weighted by Gasteiger charge is -2.16. The molecule has 1 aromatic heterocycles. The van der Waals surface area contributed by atoms with E-state index in [9.17, 15) is 0 Å². The van der Waals surface area contributed by atoms with Gasteiger partial charge in [-0.05, 0) is 42.7 Å². The summed E-state index contributed by atoms with van der Waals surface area (Å²) in [7, 11) is 0. The van der Waals surface area contributed by atoms with Crippen molar-refractivity contribution in [2.24, 2.45) is 11.8 Å². The number of hydrogen-bond acceptors (Lipinski definition) is 3. The zero-order valence-electron chi connectivity index (χ0n) is 11.9. The maximum absolute atomic E-state index is 5.66. The summed E-state index contributed by atoms with van der Waals surface area (Å²) in [5.41, 5.74) is 6.81. The zero-order chi connectivity index (χ0) is 13.4.